The molecule has 25 heavy (non-hydrogen) atoms. The smallest absolute Gasteiger partial charge is 0.260 e. The monoisotopic (exact) mass is 340 g/mol. The number of amides is 1. The van der Waals surface area contributed by atoms with Gasteiger partial charge in [0.1, 0.15) is 6.54 Å². The second-order valence-corrected chi connectivity index (χ2v) is 5.25. The molecular formula is C17H16N4O4. The standard InChI is InChI=1S/C17H16N4O4/c1-25-15-7-11(6-14(22)17(15)24)8-19-20-16(23)9-21-10-18-12-4-2-3-5-13(12)21/h2-8,10,22,24H,9H2,1H3,(H,20,23)/b19-8+. The summed E-state index contributed by atoms with van der Waals surface area (Å²) in [6, 6.07) is 10.3. The van der Waals surface area contributed by atoms with E-state index in [0.717, 1.165) is 11.0 Å². The van der Waals surface area contributed by atoms with E-state index in [-0.39, 0.29) is 29.7 Å². The zero-order valence-electron chi connectivity index (χ0n) is 13.4. The highest BCUT2D eigenvalue weighted by molar-refractivity contribution is 5.85. The van der Waals surface area contributed by atoms with E-state index in [1.165, 1.54) is 25.5 Å². The van der Waals surface area contributed by atoms with Crippen LogP contribution in [-0.4, -0.2) is 39.0 Å². The fraction of sp³-hybridized carbons (Fsp3) is 0.118. The molecule has 1 amide bonds. The van der Waals surface area contributed by atoms with Crippen molar-refractivity contribution in [3.63, 3.8) is 0 Å². The first-order valence-corrected chi connectivity index (χ1v) is 7.40. The average molecular weight is 340 g/mol. The number of hydrogen-bond acceptors (Lipinski definition) is 6. The number of ether oxygens (including phenoxy) is 1. The van der Waals surface area contributed by atoms with E-state index in [2.05, 4.69) is 15.5 Å². The molecule has 8 heteroatoms. The molecule has 128 valence electrons. The van der Waals surface area contributed by atoms with Crippen LogP contribution in [-0.2, 0) is 11.3 Å². The van der Waals surface area contributed by atoms with Crippen molar-refractivity contribution < 1.29 is 19.7 Å². The van der Waals surface area contributed by atoms with Crippen molar-refractivity contribution in [1.29, 1.82) is 0 Å². The molecular weight excluding hydrogens is 324 g/mol. The van der Waals surface area contributed by atoms with E-state index < -0.39 is 0 Å². The Morgan fingerprint density at radius 2 is 2.16 bits per heavy atom. The van der Waals surface area contributed by atoms with Crippen molar-refractivity contribution in [3.8, 4) is 17.2 Å². The summed E-state index contributed by atoms with van der Waals surface area (Å²) in [6.07, 6.45) is 2.93. The number of aromatic nitrogens is 2. The van der Waals surface area contributed by atoms with E-state index in [9.17, 15) is 15.0 Å². The molecule has 3 N–H and O–H groups in total. The first-order valence-electron chi connectivity index (χ1n) is 7.40. The number of fused-ring (bicyclic) bond motifs is 1. The quantitative estimate of drug-likeness (QED) is 0.371. The van der Waals surface area contributed by atoms with Gasteiger partial charge in [0, 0.05) is 5.56 Å². The number of phenolic OH excluding ortho intramolecular Hbond substituents is 2. The summed E-state index contributed by atoms with van der Waals surface area (Å²) in [7, 11) is 1.37. The molecule has 0 aliphatic heterocycles. The summed E-state index contributed by atoms with van der Waals surface area (Å²) in [5.41, 5.74) is 4.53. The largest absolute Gasteiger partial charge is 0.504 e. The molecule has 0 aliphatic carbocycles. The predicted octanol–water partition coefficient (Wildman–Crippen LogP) is 1.61. The first kappa shape index (κ1) is 16.3. The molecule has 3 rings (SSSR count). The molecule has 0 spiro atoms. The number of hydrogen-bond donors (Lipinski definition) is 3. The van der Waals surface area contributed by atoms with Crippen LogP contribution in [0.15, 0.2) is 47.8 Å². The Hall–Kier alpha value is -3.55. The second kappa shape index (κ2) is 6.91. The van der Waals surface area contributed by atoms with Crippen LogP contribution in [0.2, 0.25) is 0 Å². The molecule has 1 heterocycles. The molecule has 0 atom stereocenters. The molecule has 0 bridgehead atoms. The Kier molecular flexibility index (Phi) is 4.51. The van der Waals surface area contributed by atoms with E-state index >= 15 is 0 Å². The van der Waals surface area contributed by atoms with Gasteiger partial charge in [0.05, 0.1) is 30.7 Å². The van der Waals surface area contributed by atoms with Crippen LogP contribution < -0.4 is 10.2 Å². The fourth-order valence-corrected chi connectivity index (χ4v) is 2.35. The number of imidazole rings is 1. The van der Waals surface area contributed by atoms with E-state index in [1.807, 2.05) is 24.3 Å². The van der Waals surface area contributed by atoms with Crippen LogP contribution in [0.5, 0.6) is 17.2 Å². The molecule has 0 saturated heterocycles. The third-order valence-electron chi connectivity index (χ3n) is 3.54. The van der Waals surface area contributed by atoms with Crippen molar-refractivity contribution in [2.75, 3.05) is 7.11 Å². The summed E-state index contributed by atoms with van der Waals surface area (Å²) >= 11 is 0. The summed E-state index contributed by atoms with van der Waals surface area (Å²) in [6.45, 7) is 0.0714. The highest BCUT2D eigenvalue weighted by Crippen LogP contribution is 2.35. The number of phenols is 2. The van der Waals surface area contributed by atoms with Gasteiger partial charge in [-0.3, -0.25) is 4.79 Å². The van der Waals surface area contributed by atoms with Crippen molar-refractivity contribution in [3.05, 3.63) is 48.3 Å². The molecule has 0 radical (unpaired) electrons. The van der Waals surface area contributed by atoms with E-state index in [1.54, 1.807) is 10.9 Å². The Balaban J connectivity index is 1.66. The maximum atomic E-state index is 12.0. The van der Waals surface area contributed by atoms with Crippen molar-refractivity contribution in [2.45, 2.75) is 6.54 Å². The van der Waals surface area contributed by atoms with Crippen LogP contribution in [0.4, 0.5) is 0 Å². The van der Waals surface area contributed by atoms with Gasteiger partial charge < -0.3 is 19.5 Å². The summed E-state index contributed by atoms with van der Waals surface area (Å²) in [5.74, 6) is -0.903. The number of para-hydroxylation sites is 2. The molecule has 8 nitrogen and oxygen atoms in total. The van der Waals surface area contributed by atoms with Gasteiger partial charge in [-0.25, -0.2) is 10.4 Å². The number of rotatable bonds is 5. The minimum absolute atomic E-state index is 0.0714. The van der Waals surface area contributed by atoms with Gasteiger partial charge in [0.15, 0.2) is 11.5 Å². The zero-order chi connectivity index (χ0) is 17.8. The molecule has 1 aromatic heterocycles. The van der Waals surface area contributed by atoms with Crippen LogP contribution in [0.25, 0.3) is 11.0 Å². The Bertz CT molecular complexity index is 949. The number of aromatic hydroxyl groups is 2. The second-order valence-electron chi connectivity index (χ2n) is 5.25. The van der Waals surface area contributed by atoms with Crippen LogP contribution in [0.3, 0.4) is 0 Å². The number of benzene rings is 2. The average Bonchev–Trinajstić information content (AvgIpc) is 3.01. The minimum atomic E-state index is -0.351. The summed E-state index contributed by atoms with van der Waals surface area (Å²) in [5, 5.41) is 23.0. The van der Waals surface area contributed by atoms with Gasteiger partial charge in [0.25, 0.3) is 5.91 Å². The molecule has 0 saturated carbocycles. The lowest BCUT2D eigenvalue weighted by Crippen LogP contribution is -2.22. The third-order valence-corrected chi connectivity index (χ3v) is 3.54. The van der Waals surface area contributed by atoms with Gasteiger partial charge in [-0.05, 0) is 24.3 Å². The highest BCUT2D eigenvalue weighted by Gasteiger charge is 2.09. The van der Waals surface area contributed by atoms with Gasteiger partial charge in [-0.15, -0.1) is 0 Å². The number of nitrogens with zero attached hydrogens (tertiary/aromatic N) is 3. The lowest BCUT2D eigenvalue weighted by Gasteiger charge is -2.06. The topological polar surface area (TPSA) is 109 Å². The Labute approximate surface area is 143 Å². The molecule has 3 aromatic rings. The maximum Gasteiger partial charge on any atom is 0.260 e. The predicted molar refractivity (Wildman–Crippen MR) is 91.8 cm³/mol. The van der Waals surface area contributed by atoms with Gasteiger partial charge in [-0.1, -0.05) is 12.1 Å². The Morgan fingerprint density at radius 1 is 1.36 bits per heavy atom. The normalized spacial score (nSPS) is 11.1. The van der Waals surface area contributed by atoms with Crippen LogP contribution in [0, 0.1) is 0 Å². The van der Waals surface area contributed by atoms with Crippen molar-refractivity contribution in [2.24, 2.45) is 5.10 Å². The van der Waals surface area contributed by atoms with E-state index in [0.29, 0.717) is 5.56 Å². The van der Waals surface area contributed by atoms with E-state index in [4.69, 9.17) is 4.74 Å². The SMILES string of the molecule is COc1cc(/C=N/NC(=O)Cn2cnc3ccccc32)cc(O)c1O. The molecule has 2 aromatic carbocycles. The molecule has 0 aliphatic rings. The number of hydrazone groups is 1. The lowest BCUT2D eigenvalue weighted by atomic mass is 10.2. The summed E-state index contributed by atoms with van der Waals surface area (Å²) < 4.78 is 6.65. The van der Waals surface area contributed by atoms with Gasteiger partial charge in [0.2, 0.25) is 5.75 Å². The van der Waals surface area contributed by atoms with Gasteiger partial charge in [-0.2, -0.15) is 5.10 Å². The third kappa shape index (κ3) is 3.52. The highest BCUT2D eigenvalue weighted by atomic mass is 16.5. The Morgan fingerprint density at radius 3 is 2.96 bits per heavy atom. The molecule has 0 unspecified atom stereocenters. The molecule has 0 fully saturated rings. The number of nitrogens with one attached hydrogen (secondary N) is 1. The van der Waals surface area contributed by atoms with Crippen molar-refractivity contribution >= 4 is 23.2 Å². The maximum absolute atomic E-state index is 12.0. The number of carbonyl (C=O) groups excluding carboxylic acids is 1. The van der Waals surface area contributed by atoms with Crippen LogP contribution >= 0.6 is 0 Å². The first-order chi connectivity index (χ1) is 12.1. The fourth-order valence-electron chi connectivity index (χ4n) is 2.35. The van der Waals surface area contributed by atoms with Gasteiger partial charge >= 0.3 is 0 Å². The van der Waals surface area contributed by atoms with Crippen LogP contribution in [0.1, 0.15) is 5.56 Å². The number of methoxy groups -OCH3 is 1. The zero-order valence-corrected chi connectivity index (χ0v) is 13.4. The summed E-state index contributed by atoms with van der Waals surface area (Å²) in [4.78, 5) is 16.2. The lowest BCUT2D eigenvalue weighted by molar-refractivity contribution is -0.121. The minimum Gasteiger partial charge on any atom is -0.504 e. The van der Waals surface area contributed by atoms with Crippen molar-refractivity contribution in [1.82, 2.24) is 15.0 Å². The number of carbonyl (C=O) groups is 1.